The quantitative estimate of drug-likeness (QED) is 0.800. The molecule has 1 unspecified atom stereocenters. The number of hydrogen-bond acceptors (Lipinski definition) is 2. The van der Waals surface area contributed by atoms with Crippen molar-refractivity contribution in [2.75, 3.05) is 0 Å². The number of nitrogens with one attached hydrogen (secondary N) is 1. The lowest BCUT2D eigenvalue weighted by Gasteiger charge is -2.14. The van der Waals surface area contributed by atoms with Gasteiger partial charge in [-0.3, -0.25) is 4.79 Å². The molecule has 19 heavy (non-hydrogen) atoms. The Morgan fingerprint density at radius 2 is 2.16 bits per heavy atom. The minimum Gasteiger partial charge on any atom is -0.480 e. The molecule has 1 aromatic rings. The number of carbonyl (C=O) groups excluding carboxylic acids is 1. The standard InChI is InChI=1S/C12H12BrClFNO3/c1-2-3-9(12(18)19)16-11(17)7-4-6(14)5-8(15)10(7)13/h4-5,9H,2-3H2,1H3,(H,16,17)(H,18,19). The molecule has 0 fully saturated rings. The fourth-order valence-corrected chi connectivity index (χ4v) is 2.12. The lowest BCUT2D eigenvalue weighted by molar-refractivity contribution is -0.139. The molecule has 0 bridgehead atoms. The Hall–Kier alpha value is -1.14. The first-order valence-electron chi connectivity index (χ1n) is 5.55. The normalized spacial score (nSPS) is 12.0. The van der Waals surface area contributed by atoms with Crippen LogP contribution in [0.3, 0.4) is 0 Å². The first kappa shape index (κ1) is 15.9. The molecular formula is C12H12BrClFNO3. The van der Waals surface area contributed by atoms with Gasteiger partial charge in [0.2, 0.25) is 0 Å². The van der Waals surface area contributed by atoms with Crippen molar-refractivity contribution in [2.24, 2.45) is 0 Å². The summed E-state index contributed by atoms with van der Waals surface area (Å²) in [5.41, 5.74) is -0.0349. The van der Waals surface area contributed by atoms with Gasteiger partial charge >= 0.3 is 5.97 Å². The van der Waals surface area contributed by atoms with Crippen LogP contribution in [0.2, 0.25) is 5.02 Å². The van der Waals surface area contributed by atoms with Crippen LogP contribution in [0.4, 0.5) is 4.39 Å². The largest absolute Gasteiger partial charge is 0.480 e. The summed E-state index contributed by atoms with van der Waals surface area (Å²) in [7, 11) is 0. The Bertz CT molecular complexity index is 510. The summed E-state index contributed by atoms with van der Waals surface area (Å²) in [4.78, 5) is 22.9. The Labute approximate surface area is 123 Å². The van der Waals surface area contributed by atoms with Crippen LogP contribution in [-0.4, -0.2) is 23.0 Å². The van der Waals surface area contributed by atoms with Crippen molar-refractivity contribution in [3.05, 3.63) is 33.0 Å². The molecule has 7 heteroatoms. The molecule has 0 radical (unpaired) electrons. The van der Waals surface area contributed by atoms with Crippen LogP contribution in [0.5, 0.6) is 0 Å². The summed E-state index contributed by atoms with van der Waals surface area (Å²) in [5.74, 6) is -2.50. The zero-order valence-corrected chi connectivity index (χ0v) is 12.4. The first-order chi connectivity index (χ1) is 8.86. The first-order valence-corrected chi connectivity index (χ1v) is 6.72. The second kappa shape index (κ2) is 6.86. The molecule has 0 saturated heterocycles. The van der Waals surface area contributed by atoms with Crippen LogP contribution >= 0.6 is 27.5 Å². The van der Waals surface area contributed by atoms with E-state index in [1.165, 1.54) is 6.07 Å². The predicted octanol–water partition coefficient (Wildman–Crippen LogP) is 3.22. The van der Waals surface area contributed by atoms with Gasteiger partial charge in [0.1, 0.15) is 11.9 Å². The third-order valence-electron chi connectivity index (χ3n) is 2.42. The van der Waals surface area contributed by atoms with E-state index in [1.54, 1.807) is 6.92 Å². The van der Waals surface area contributed by atoms with Crippen molar-refractivity contribution in [1.29, 1.82) is 0 Å². The van der Waals surface area contributed by atoms with Crippen LogP contribution < -0.4 is 5.32 Å². The smallest absolute Gasteiger partial charge is 0.326 e. The van der Waals surface area contributed by atoms with Gasteiger partial charge in [-0.1, -0.05) is 24.9 Å². The Morgan fingerprint density at radius 3 is 2.68 bits per heavy atom. The number of carboxylic acids is 1. The minimum absolute atomic E-state index is 0.0349. The lowest BCUT2D eigenvalue weighted by Crippen LogP contribution is -2.40. The number of carboxylic acid groups (broad SMARTS) is 1. The number of hydrogen-bond donors (Lipinski definition) is 2. The van der Waals surface area contributed by atoms with Gasteiger partial charge in [-0.2, -0.15) is 0 Å². The van der Waals surface area contributed by atoms with Crippen LogP contribution in [0.1, 0.15) is 30.1 Å². The molecule has 0 aliphatic heterocycles. The molecule has 0 aliphatic carbocycles. The monoisotopic (exact) mass is 351 g/mol. The van der Waals surface area contributed by atoms with Crippen molar-refractivity contribution in [2.45, 2.75) is 25.8 Å². The van der Waals surface area contributed by atoms with Gasteiger partial charge in [-0.25, -0.2) is 9.18 Å². The average Bonchev–Trinajstić information content (AvgIpc) is 2.32. The van der Waals surface area contributed by atoms with Gasteiger partial charge in [-0.05, 0) is 34.5 Å². The van der Waals surface area contributed by atoms with E-state index in [4.69, 9.17) is 16.7 Å². The number of benzene rings is 1. The number of rotatable bonds is 5. The number of amides is 1. The van der Waals surface area contributed by atoms with Gasteiger partial charge in [0.15, 0.2) is 0 Å². The van der Waals surface area contributed by atoms with Crippen LogP contribution in [-0.2, 0) is 4.79 Å². The summed E-state index contributed by atoms with van der Waals surface area (Å²) >= 11 is 8.61. The molecule has 104 valence electrons. The summed E-state index contributed by atoms with van der Waals surface area (Å²) in [6.45, 7) is 1.80. The SMILES string of the molecule is CCCC(NC(=O)c1cc(Cl)cc(F)c1Br)C(=O)O. The van der Waals surface area contributed by atoms with E-state index in [0.29, 0.717) is 12.8 Å². The van der Waals surface area contributed by atoms with Gasteiger partial charge in [0.25, 0.3) is 5.91 Å². The van der Waals surface area contributed by atoms with E-state index in [9.17, 15) is 14.0 Å². The number of aliphatic carboxylic acids is 1. The zero-order chi connectivity index (χ0) is 14.6. The van der Waals surface area contributed by atoms with E-state index < -0.39 is 23.7 Å². The van der Waals surface area contributed by atoms with Gasteiger partial charge in [0.05, 0.1) is 10.0 Å². The van der Waals surface area contributed by atoms with Crippen molar-refractivity contribution in [3.8, 4) is 0 Å². The highest BCUT2D eigenvalue weighted by molar-refractivity contribution is 9.10. The van der Waals surface area contributed by atoms with Crippen molar-refractivity contribution in [3.63, 3.8) is 0 Å². The summed E-state index contributed by atoms with van der Waals surface area (Å²) in [5, 5.41) is 11.4. The number of carbonyl (C=O) groups is 2. The van der Waals surface area contributed by atoms with Crippen LogP contribution in [0, 0.1) is 5.82 Å². The molecule has 4 nitrogen and oxygen atoms in total. The Balaban J connectivity index is 2.97. The number of halogens is 3. The van der Waals surface area contributed by atoms with Crippen molar-refractivity contribution < 1.29 is 19.1 Å². The minimum atomic E-state index is -1.13. The van der Waals surface area contributed by atoms with E-state index in [2.05, 4.69) is 21.2 Å². The highest BCUT2D eigenvalue weighted by atomic mass is 79.9. The molecule has 0 spiro atoms. The topological polar surface area (TPSA) is 66.4 Å². The third-order valence-corrected chi connectivity index (χ3v) is 3.44. The second-order valence-corrected chi connectivity index (χ2v) is 5.13. The molecule has 1 amide bonds. The van der Waals surface area contributed by atoms with Crippen molar-refractivity contribution in [1.82, 2.24) is 5.32 Å². The molecular weight excluding hydrogens is 340 g/mol. The second-order valence-electron chi connectivity index (χ2n) is 3.90. The maximum Gasteiger partial charge on any atom is 0.326 e. The highest BCUT2D eigenvalue weighted by Gasteiger charge is 2.22. The van der Waals surface area contributed by atoms with Gasteiger partial charge in [-0.15, -0.1) is 0 Å². The van der Waals surface area contributed by atoms with E-state index in [-0.39, 0.29) is 15.1 Å². The van der Waals surface area contributed by atoms with Gasteiger partial charge < -0.3 is 10.4 Å². The zero-order valence-electron chi connectivity index (χ0n) is 10.0. The van der Waals surface area contributed by atoms with Crippen molar-refractivity contribution >= 4 is 39.4 Å². The molecule has 0 aromatic heterocycles. The van der Waals surface area contributed by atoms with Gasteiger partial charge in [0, 0.05) is 5.02 Å². The van der Waals surface area contributed by atoms with Crippen LogP contribution in [0.25, 0.3) is 0 Å². The Kier molecular flexibility index (Phi) is 5.75. The maximum atomic E-state index is 13.4. The summed E-state index contributed by atoms with van der Waals surface area (Å²) < 4.78 is 13.4. The molecule has 1 rings (SSSR count). The molecule has 0 aliphatic rings. The third kappa shape index (κ3) is 4.18. The Morgan fingerprint density at radius 1 is 1.53 bits per heavy atom. The molecule has 2 N–H and O–H groups in total. The fraction of sp³-hybridized carbons (Fsp3) is 0.333. The average molecular weight is 353 g/mol. The summed E-state index contributed by atoms with van der Waals surface area (Å²) in [6.07, 6.45) is 0.893. The highest BCUT2D eigenvalue weighted by Crippen LogP contribution is 2.25. The molecule has 0 saturated carbocycles. The van der Waals surface area contributed by atoms with E-state index in [1.807, 2.05) is 0 Å². The predicted molar refractivity (Wildman–Crippen MR) is 72.9 cm³/mol. The van der Waals surface area contributed by atoms with Crippen LogP contribution in [0.15, 0.2) is 16.6 Å². The van der Waals surface area contributed by atoms with E-state index >= 15 is 0 Å². The lowest BCUT2D eigenvalue weighted by atomic mass is 10.1. The molecule has 1 atom stereocenters. The fourth-order valence-electron chi connectivity index (χ4n) is 1.50. The summed E-state index contributed by atoms with van der Waals surface area (Å²) in [6, 6.07) is 1.32. The van der Waals surface area contributed by atoms with E-state index in [0.717, 1.165) is 6.07 Å². The molecule has 0 heterocycles. The molecule has 1 aromatic carbocycles. The maximum absolute atomic E-state index is 13.4.